The number of sulfonamides is 1. The minimum absolute atomic E-state index is 0.0221. The van der Waals surface area contributed by atoms with Crippen molar-refractivity contribution in [3.05, 3.63) is 65.7 Å². The fraction of sp³-hybridized carbons (Fsp3) is 0.440. The van der Waals surface area contributed by atoms with E-state index in [0.717, 1.165) is 28.1 Å². The van der Waals surface area contributed by atoms with E-state index in [0.29, 0.717) is 18.7 Å². The van der Waals surface area contributed by atoms with Crippen LogP contribution in [0.1, 0.15) is 38.3 Å². The fourth-order valence-electron chi connectivity index (χ4n) is 3.36. The molecule has 0 aliphatic carbocycles. The van der Waals surface area contributed by atoms with Gasteiger partial charge in [0.05, 0.1) is 11.9 Å². The van der Waals surface area contributed by atoms with Gasteiger partial charge in [-0.1, -0.05) is 55.0 Å². The predicted molar refractivity (Wildman–Crippen MR) is 133 cm³/mol. The number of hydrogen-bond acceptors (Lipinski definition) is 4. The van der Waals surface area contributed by atoms with Crippen molar-refractivity contribution >= 4 is 27.5 Å². The van der Waals surface area contributed by atoms with Gasteiger partial charge in [0.1, 0.15) is 12.6 Å². The van der Waals surface area contributed by atoms with Crippen LogP contribution in [0.3, 0.4) is 0 Å². The van der Waals surface area contributed by atoms with Crippen molar-refractivity contribution in [2.75, 3.05) is 23.7 Å². The molecule has 2 amide bonds. The first-order chi connectivity index (χ1) is 15.5. The fourth-order valence-corrected chi connectivity index (χ4v) is 4.21. The maximum atomic E-state index is 13.4. The van der Waals surface area contributed by atoms with Crippen LogP contribution >= 0.6 is 0 Å². The third-order valence-corrected chi connectivity index (χ3v) is 6.79. The van der Waals surface area contributed by atoms with Crippen LogP contribution in [-0.2, 0) is 26.0 Å². The molecule has 1 N–H and O–H groups in total. The predicted octanol–water partition coefficient (Wildman–Crippen LogP) is 3.14. The summed E-state index contributed by atoms with van der Waals surface area (Å²) in [7, 11) is -3.71. The van der Waals surface area contributed by atoms with Crippen LogP contribution in [0.5, 0.6) is 0 Å². The molecule has 2 rings (SSSR count). The van der Waals surface area contributed by atoms with Gasteiger partial charge < -0.3 is 10.2 Å². The van der Waals surface area contributed by atoms with Crippen molar-refractivity contribution in [2.24, 2.45) is 0 Å². The van der Waals surface area contributed by atoms with Gasteiger partial charge in [-0.25, -0.2) is 8.42 Å². The van der Waals surface area contributed by atoms with E-state index in [4.69, 9.17) is 0 Å². The van der Waals surface area contributed by atoms with E-state index in [2.05, 4.69) is 5.32 Å². The normalized spacial score (nSPS) is 13.1. The number of hydrogen-bond donors (Lipinski definition) is 1. The highest BCUT2D eigenvalue weighted by Gasteiger charge is 2.30. The molecule has 2 aromatic rings. The molecule has 0 fully saturated rings. The largest absolute Gasteiger partial charge is 0.352 e. The Morgan fingerprint density at radius 2 is 1.61 bits per heavy atom. The van der Waals surface area contributed by atoms with Gasteiger partial charge in [-0.05, 0) is 51.3 Å². The highest BCUT2D eigenvalue weighted by atomic mass is 32.2. The second-order valence-corrected chi connectivity index (χ2v) is 10.3. The Kier molecular flexibility index (Phi) is 9.46. The number of rotatable bonds is 11. The van der Waals surface area contributed by atoms with Gasteiger partial charge >= 0.3 is 0 Å². The Morgan fingerprint density at radius 1 is 1.00 bits per heavy atom. The van der Waals surface area contributed by atoms with Gasteiger partial charge in [-0.2, -0.15) is 0 Å². The minimum Gasteiger partial charge on any atom is -0.352 e. The van der Waals surface area contributed by atoms with Gasteiger partial charge in [0.2, 0.25) is 21.8 Å². The Labute approximate surface area is 197 Å². The molecule has 0 radical (unpaired) electrons. The molecule has 2 atom stereocenters. The van der Waals surface area contributed by atoms with Gasteiger partial charge in [-0.3, -0.25) is 13.9 Å². The third kappa shape index (κ3) is 7.89. The summed E-state index contributed by atoms with van der Waals surface area (Å²) in [4.78, 5) is 27.7. The van der Waals surface area contributed by atoms with E-state index in [1.54, 1.807) is 31.2 Å². The molecule has 7 nitrogen and oxygen atoms in total. The lowest BCUT2D eigenvalue weighted by Crippen LogP contribution is -2.53. The second kappa shape index (κ2) is 11.8. The third-order valence-electron chi connectivity index (χ3n) is 5.65. The number of carbonyl (C=O) groups excluding carboxylic acids is 2. The molecule has 0 bridgehead atoms. The number of nitrogens with zero attached hydrogens (tertiary/aromatic N) is 2. The Bertz CT molecular complexity index is 1020. The van der Waals surface area contributed by atoms with Crippen LogP contribution < -0.4 is 9.62 Å². The topological polar surface area (TPSA) is 86.8 Å². The lowest BCUT2D eigenvalue weighted by atomic mass is 10.1. The van der Waals surface area contributed by atoms with E-state index >= 15 is 0 Å². The molecule has 2 unspecified atom stereocenters. The van der Waals surface area contributed by atoms with Crippen molar-refractivity contribution in [1.29, 1.82) is 0 Å². The molecule has 2 aromatic carbocycles. The van der Waals surface area contributed by atoms with Gasteiger partial charge in [0.25, 0.3) is 0 Å². The summed E-state index contributed by atoms with van der Waals surface area (Å²) in [5, 5.41) is 2.92. The quantitative estimate of drug-likeness (QED) is 0.543. The highest BCUT2D eigenvalue weighted by Crippen LogP contribution is 2.19. The van der Waals surface area contributed by atoms with E-state index in [1.807, 2.05) is 51.1 Å². The molecular formula is C25H35N3O4S. The average molecular weight is 474 g/mol. The van der Waals surface area contributed by atoms with Crippen LogP contribution in [0.2, 0.25) is 0 Å². The van der Waals surface area contributed by atoms with E-state index in [9.17, 15) is 18.0 Å². The first-order valence-corrected chi connectivity index (χ1v) is 13.1. The second-order valence-electron chi connectivity index (χ2n) is 8.42. The molecule has 8 heteroatoms. The maximum absolute atomic E-state index is 13.4. The van der Waals surface area contributed by atoms with Crippen LogP contribution in [0.15, 0.2) is 54.6 Å². The number of aryl methyl sites for hydroxylation is 1. The lowest BCUT2D eigenvalue weighted by Gasteiger charge is -2.32. The number of nitrogens with one attached hydrogen (secondary N) is 1. The summed E-state index contributed by atoms with van der Waals surface area (Å²) in [5.41, 5.74) is 2.43. The zero-order valence-electron chi connectivity index (χ0n) is 20.1. The Hall–Kier alpha value is -2.87. The maximum Gasteiger partial charge on any atom is 0.244 e. The molecule has 0 saturated carbocycles. The summed E-state index contributed by atoms with van der Waals surface area (Å²) >= 11 is 0. The van der Waals surface area contributed by atoms with E-state index in [-0.39, 0.29) is 18.5 Å². The number of carbonyl (C=O) groups is 2. The Balaban J connectivity index is 2.29. The van der Waals surface area contributed by atoms with Crippen LogP contribution in [0.25, 0.3) is 0 Å². The smallest absolute Gasteiger partial charge is 0.244 e. The van der Waals surface area contributed by atoms with Crippen molar-refractivity contribution < 1.29 is 18.0 Å². The van der Waals surface area contributed by atoms with Crippen molar-refractivity contribution in [2.45, 2.75) is 52.6 Å². The zero-order chi connectivity index (χ0) is 24.6. The zero-order valence-corrected chi connectivity index (χ0v) is 20.9. The lowest BCUT2D eigenvalue weighted by molar-refractivity contribution is -0.139. The first kappa shape index (κ1) is 26.4. The molecule has 0 aromatic heterocycles. The average Bonchev–Trinajstić information content (AvgIpc) is 2.78. The van der Waals surface area contributed by atoms with Gasteiger partial charge in [-0.15, -0.1) is 0 Å². The number of amides is 2. The molecule has 0 aliphatic heterocycles. The molecular weight excluding hydrogens is 438 g/mol. The van der Waals surface area contributed by atoms with Crippen LogP contribution in [-0.4, -0.2) is 56.6 Å². The first-order valence-electron chi connectivity index (χ1n) is 11.2. The summed E-state index contributed by atoms with van der Waals surface area (Å²) in [6.07, 6.45) is 2.40. The number of benzene rings is 2. The van der Waals surface area contributed by atoms with E-state index in [1.165, 1.54) is 4.90 Å². The van der Waals surface area contributed by atoms with Gasteiger partial charge in [0.15, 0.2) is 0 Å². The summed E-state index contributed by atoms with van der Waals surface area (Å²) < 4.78 is 26.1. The molecule has 0 saturated heterocycles. The summed E-state index contributed by atoms with van der Waals surface area (Å²) in [5.74, 6) is -0.685. The summed E-state index contributed by atoms with van der Waals surface area (Å²) in [6, 6.07) is 15.9. The molecule has 33 heavy (non-hydrogen) atoms. The number of anilines is 1. The van der Waals surface area contributed by atoms with Crippen molar-refractivity contribution in [1.82, 2.24) is 10.2 Å². The monoisotopic (exact) mass is 473 g/mol. The molecule has 0 aliphatic rings. The van der Waals surface area contributed by atoms with Crippen LogP contribution in [0, 0.1) is 6.92 Å². The SMILES string of the molecule is CCC(C)NC(=O)C(C)N(CCc1ccccc1)C(=O)CN(c1ccc(C)cc1)S(C)(=O)=O. The molecule has 0 heterocycles. The van der Waals surface area contributed by atoms with Crippen molar-refractivity contribution in [3.63, 3.8) is 0 Å². The standard InChI is InChI=1S/C25H35N3O4S/c1-6-20(3)26-25(30)21(4)27(17-16-22-10-8-7-9-11-22)24(29)18-28(33(5,31)32)23-14-12-19(2)13-15-23/h7-15,20-21H,6,16-18H2,1-5H3,(H,26,30). The molecule has 180 valence electrons. The van der Waals surface area contributed by atoms with Gasteiger partial charge in [0, 0.05) is 12.6 Å². The molecule has 0 spiro atoms. The minimum atomic E-state index is -3.71. The van der Waals surface area contributed by atoms with Crippen molar-refractivity contribution in [3.8, 4) is 0 Å². The summed E-state index contributed by atoms with van der Waals surface area (Å²) in [6.45, 7) is 7.38. The Morgan fingerprint density at radius 3 is 2.15 bits per heavy atom. The highest BCUT2D eigenvalue weighted by molar-refractivity contribution is 7.92. The van der Waals surface area contributed by atoms with E-state index < -0.39 is 22.0 Å². The van der Waals surface area contributed by atoms with Crippen LogP contribution in [0.4, 0.5) is 5.69 Å².